The first-order chi connectivity index (χ1) is 16.0. The van der Waals surface area contributed by atoms with Crippen molar-refractivity contribution >= 4 is 29.5 Å². The Labute approximate surface area is 198 Å². The fourth-order valence-corrected chi connectivity index (χ4v) is 3.88. The zero-order valence-electron chi connectivity index (χ0n) is 19.6. The molecule has 0 aromatic heterocycles. The first-order valence-electron chi connectivity index (χ1n) is 11.2. The lowest BCUT2D eigenvalue weighted by Crippen LogP contribution is -2.50. The number of fused-ring (bicyclic) bond motifs is 1. The number of nitrogens with zero attached hydrogens (tertiary/aromatic N) is 1. The number of nitrogens with two attached hydrogens (primary N) is 1. The average molecular weight is 470 g/mol. The van der Waals surface area contributed by atoms with E-state index >= 15 is 0 Å². The van der Waals surface area contributed by atoms with E-state index in [9.17, 15) is 24.3 Å². The van der Waals surface area contributed by atoms with Crippen LogP contribution in [0.4, 0.5) is 0 Å². The number of carbonyl (C=O) groups excluding carboxylic acids is 3. The number of amides is 2. The third kappa shape index (κ3) is 6.00. The molecule has 1 aromatic rings. The molecule has 10 heteroatoms. The Balaban J connectivity index is 1.54. The van der Waals surface area contributed by atoms with Crippen LogP contribution in [0.3, 0.4) is 0 Å². The number of hydrogen-bond acceptors (Lipinski definition) is 7. The van der Waals surface area contributed by atoms with Crippen LogP contribution in [0.15, 0.2) is 41.0 Å². The monoisotopic (exact) mass is 469 g/mol. The van der Waals surface area contributed by atoms with Gasteiger partial charge in [0.1, 0.15) is 23.9 Å². The fraction of sp³-hybridized carbons (Fsp3) is 0.458. The topological polar surface area (TPSA) is 163 Å². The third-order valence-corrected chi connectivity index (χ3v) is 5.99. The normalized spacial score (nSPS) is 20.3. The summed E-state index contributed by atoms with van der Waals surface area (Å²) in [6, 6.07) is 5.71. The highest BCUT2D eigenvalue weighted by molar-refractivity contribution is 6.01. The SMILES string of the molecule is CC(C)(C)C(=O)CC[C@H](NC(=O)c1ccc(CCC2=CNC3N=C(N)NC(=O)C23)cc1)C(=O)O. The zero-order valence-corrected chi connectivity index (χ0v) is 19.6. The van der Waals surface area contributed by atoms with Gasteiger partial charge in [0.2, 0.25) is 5.91 Å². The maximum absolute atomic E-state index is 12.6. The summed E-state index contributed by atoms with van der Waals surface area (Å²) in [4.78, 5) is 52.6. The summed E-state index contributed by atoms with van der Waals surface area (Å²) in [5, 5.41) is 17.6. The number of aliphatic carboxylic acids is 1. The maximum atomic E-state index is 12.6. The van der Waals surface area contributed by atoms with Crippen molar-refractivity contribution in [2.75, 3.05) is 0 Å². The zero-order chi connectivity index (χ0) is 25.0. The van der Waals surface area contributed by atoms with Gasteiger partial charge < -0.3 is 21.5 Å². The molecule has 2 heterocycles. The molecule has 0 fully saturated rings. The molecule has 0 radical (unpaired) electrons. The van der Waals surface area contributed by atoms with Crippen molar-refractivity contribution < 1.29 is 24.3 Å². The number of carboxylic acid groups (broad SMARTS) is 1. The first-order valence-corrected chi connectivity index (χ1v) is 11.2. The number of guanidine groups is 1. The highest BCUT2D eigenvalue weighted by Crippen LogP contribution is 2.28. The molecule has 2 aliphatic rings. The lowest BCUT2D eigenvalue weighted by atomic mass is 9.87. The molecule has 3 rings (SSSR count). The minimum absolute atomic E-state index is 0.0316. The number of carbonyl (C=O) groups is 4. The van der Waals surface area contributed by atoms with E-state index in [4.69, 9.17) is 5.73 Å². The quantitative estimate of drug-likeness (QED) is 0.361. The van der Waals surface area contributed by atoms with E-state index in [1.807, 2.05) is 0 Å². The van der Waals surface area contributed by atoms with Gasteiger partial charge in [0.15, 0.2) is 5.96 Å². The third-order valence-electron chi connectivity index (χ3n) is 5.99. The predicted molar refractivity (Wildman–Crippen MR) is 126 cm³/mol. The van der Waals surface area contributed by atoms with Gasteiger partial charge in [0.25, 0.3) is 5.91 Å². The molecule has 10 nitrogen and oxygen atoms in total. The molecular weight excluding hydrogens is 438 g/mol. The van der Waals surface area contributed by atoms with E-state index in [-0.39, 0.29) is 36.7 Å². The number of nitrogens with one attached hydrogen (secondary N) is 3. The van der Waals surface area contributed by atoms with Crippen LogP contribution in [0.1, 0.15) is 56.0 Å². The van der Waals surface area contributed by atoms with E-state index < -0.39 is 29.3 Å². The van der Waals surface area contributed by atoms with Crippen LogP contribution < -0.4 is 21.7 Å². The van der Waals surface area contributed by atoms with E-state index in [2.05, 4.69) is 20.9 Å². The second-order valence-corrected chi connectivity index (χ2v) is 9.59. The van der Waals surface area contributed by atoms with Crippen LogP contribution in [-0.2, 0) is 20.8 Å². The van der Waals surface area contributed by atoms with Crippen LogP contribution in [0.5, 0.6) is 0 Å². The highest BCUT2D eigenvalue weighted by atomic mass is 16.4. The maximum Gasteiger partial charge on any atom is 0.326 e. The van der Waals surface area contributed by atoms with Crippen molar-refractivity contribution in [3.8, 4) is 0 Å². The van der Waals surface area contributed by atoms with Crippen molar-refractivity contribution in [3.63, 3.8) is 0 Å². The molecule has 0 spiro atoms. The van der Waals surface area contributed by atoms with E-state index in [0.29, 0.717) is 18.4 Å². The number of carboxylic acids is 1. The number of aliphatic imine (C=N–C) groups is 1. The molecule has 0 bridgehead atoms. The van der Waals surface area contributed by atoms with Gasteiger partial charge in [-0.3, -0.25) is 19.7 Å². The Morgan fingerprint density at radius 1 is 1.18 bits per heavy atom. The van der Waals surface area contributed by atoms with Crippen LogP contribution in [0.25, 0.3) is 0 Å². The summed E-state index contributed by atoms with van der Waals surface area (Å²) in [5.74, 6) is -2.22. The smallest absolute Gasteiger partial charge is 0.326 e. The standard InChI is InChI=1S/C24H31N5O5/c1-24(2,3)17(30)11-10-16(22(33)34)27-20(31)14-7-4-13(5-8-14)6-9-15-12-26-19-18(15)21(32)29-23(25)28-19/h4-5,7-8,12,16,18-19,26H,6,9-11H2,1-3H3,(H,27,31)(H,33,34)(H3,25,28,29,32)/t16-,18?,19?/m0/s1. The molecule has 2 amide bonds. The van der Waals surface area contributed by atoms with E-state index in [1.165, 1.54) is 0 Å². The van der Waals surface area contributed by atoms with Crippen molar-refractivity contribution in [1.82, 2.24) is 16.0 Å². The minimum Gasteiger partial charge on any atom is -0.480 e. The largest absolute Gasteiger partial charge is 0.480 e. The summed E-state index contributed by atoms with van der Waals surface area (Å²) in [6.07, 6.45) is 2.81. The molecule has 0 saturated carbocycles. The van der Waals surface area contributed by atoms with Gasteiger partial charge in [-0.25, -0.2) is 9.79 Å². The van der Waals surface area contributed by atoms with E-state index in [1.54, 1.807) is 51.2 Å². The van der Waals surface area contributed by atoms with E-state index in [0.717, 1.165) is 11.1 Å². The van der Waals surface area contributed by atoms with Gasteiger partial charge in [0.05, 0.1) is 0 Å². The molecule has 2 aliphatic heterocycles. The molecule has 182 valence electrons. The minimum atomic E-state index is -1.18. The van der Waals surface area contributed by atoms with Crippen LogP contribution in [0.2, 0.25) is 0 Å². The Hall–Kier alpha value is -3.69. The number of aryl methyl sites for hydroxylation is 1. The highest BCUT2D eigenvalue weighted by Gasteiger charge is 2.38. The summed E-state index contributed by atoms with van der Waals surface area (Å²) in [5.41, 5.74) is 7.26. The Morgan fingerprint density at radius 3 is 2.47 bits per heavy atom. The van der Waals surface area contributed by atoms with Crippen LogP contribution >= 0.6 is 0 Å². The van der Waals surface area contributed by atoms with Crippen molar-refractivity contribution in [2.24, 2.45) is 22.1 Å². The summed E-state index contributed by atoms with van der Waals surface area (Å²) >= 11 is 0. The number of ketones is 1. The van der Waals surface area contributed by atoms with Gasteiger partial charge in [-0.15, -0.1) is 0 Å². The summed E-state index contributed by atoms with van der Waals surface area (Å²) < 4.78 is 0. The van der Waals surface area contributed by atoms with Crippen LogP contribution in [0, 0.1) is 11.3 Å². The molecule has 1 aromatic carbocycles. The molecule has 34 heavy (non-hydrogen) atoms. The fourth-order valence-electron chi connectivity index (χ4n) is 3.88. The Bertz CT molecular complexity index is 1040. The molecular formula is C24H31N5O5. The van der Waals surface area contributed by atoms with Crippen molar-refractivity contribution in [2.45, 2.75) is 58.7 Å². The van der Waals surface area contributed by atoms with Gasteiger partial charge in [-0.2, -0.15) is 0 Å². The molecule has 0 aliphatic carbocycles. The average Bonchev–Trinajstić information content (AvgIpc) is 3.17. The first kappa shape index (κ1) is 24.9. The Morgan fingerprint density at radius 2 is 1.85 bits per heavy atom. The van der Waals surface area contributed by atoms with Crippen molar-refractivity contribution in [1.29, 1.82) is 0 Å². The van der Waals surface area contributed by atoms with Gasteiger partial charge in [-0.05, 0) is 48.7 Å². The van der Waals surface area contributed by atoms with Gasteiger partial charge in [0, 0.05) is 17.4 Å². The van der Waals surface area contributed by atoms with Crippen molar-refractivity contribution in [3.05, 3.63) is 47.2 Å². The number of rotatable bonds is 9. The summed E-state index contributed by atoms with van der Waals surface area (Å²) in [6.45, 7) is 5.32. The molecule has 3 atom stereocenters. The number of benzene rings is 1. The lowest BCUT2D eigenvalue weighted by molar-refractivity contribution is -0.139. The second kappa shape index (κ2) is 10.1. The second-order valence-electron chi connectivity index (χ2n) is 9.59. The van der Waals surface area contributed by atoms with Crippen LogP contribution in [-0.4, -0.2) is 46.8 Å². The van der Waals surface area contributed by atoms with Gasteiger partial charge >= 0.3 is 5.97 Å². The molecule has 6 N–H and O–H groups in total. The lowest BCUT2D eigenvalue weighted by Gasteiger charge is -2.24. The number of hydrogen-bond donors (Lipinski definition) is 5. The molecule has 0 saturated heterocycles. The van der Waals surface area contributed by atoms with Gasteiger partial charge in [-0.1, -0.05) is 32.9 Å². The molecule has 2 unspecified atom stereocenters. The summed E-state index contributed by atoms with van der Waals surface area (Å²) in [7, 11) is 0. The predicted octanol–water partition coefficient (Wildman–Crippen LogP) is 1.07. The number of Topliss-reactive ketones (excluding diaryl/α,β-unsaturated/α-hetero) is 1. The Kier molecular flexibility index (Phi) is 7.38.